The molecule has 0 N–H and O–H groups in total. The van der Waals surface area contributed by atoms with E-state index >= 15 is 0 Å². The van der Waals surface area contributed by atoms with Gasteiger partial charge in [0, 0.05) is 13.1 Å². The Morgan fingerprint density at radius 1 is 1.15 bits per heavy atom. The lowest BCUT2D eigenvalue weighted by atomic mass is 10.1. The Hall–Kier alpha value is -2.48. The Kier molecular flexibility index (Phi) is 5.33. The van der Waals surface area contributed by atoms with Gasteiger partial charge in [0.2, 0.25) is 5.91 Å². The summed E-state index contributed by atoms with van der Waals surface area (Å²) < 4.78 is 12.9. The molecule has 0 aromatic carbocycles. The van der Waals surface area contributed by atoms with Crippen molar-refractivity contribution in [1.82, 2.24) is 19.7 Å². The second-order valence-corrected chi connectivity index (χ2v) is 7.53. The van der Waals surface area contributed by atoms with Crippen LogP contribution in [-0.2, 0) is 11.3 Å². The van der Waals surface area contributed by atoms with E-state index in [9.17, 15) is 4.79 Å². The van der Waals surface area contributed by atoms with Gasteiger partial charge in [-0.2, -0.15) is 0 Å². The predicted octanol–water partition coefficient (Wildman–Crippen LogP) is 3.59. The van der Waals surface area contributed by atoms with E-state index < -0.39 is 0 Å². The molecule has 3 aromatic heterocycles. The minimum Gasteiger partial charge on any atom is -0.469 e. The highest BCUT2D eigenvalue weighted by atomic mass is 32.2. The number of furan rings is 2. The zero-order chi connectivity index (χ0) is 18.6. The largest absolute Gasteiger partial charge is 0.469 e. The van der Waals surface area contributed by atoms with Gasteiger partial charge < -0.3 is 13.7 Å². The average molecular weight is 386 g/mol. The molecule has 1 aliphatic heterocycles. The molecule has 3 aromatic rings. The Morgan fingerprint density at radius 2 is 2.00 bits per heavy atom. The fourth-order valence-corrected chi connectivity index (χ4v) is 4.11. The molecule has 0 spiro atoms. The Labute approximate surface area is 161 Å². The van der Waals surface area contributed by atoms with Gasteiger partial charge in [-0.3, -0.25) is 9.36 Å². The number of hydrogen-bond acceptors (Lipinski definition) is 6. The maximum atomic E-state index is 12.5. The Balaban J connectivity index is 1.55. The number of carbonyl (C=O) groups is 1. The summed E-state index contributed by atoms with van der Waals surface area (Å²) in [4.78, 5) is 14.5. The van der Waals surface area contributed by atoms with Crippen LogP contribution in [0.15, 0.2) is 44.7 Å². The van der Waals surface area contributed by atoms with Crippen molar-refractivity contribution in [3.05, 3.63) is 42.2 Å². The van der Waals surface area contributed by atoms with Gasteiger partial charge in [-0.25, -0.2) is 0 Å². The molecule has 0 radical (unpaired) electrons. The summed E-state index contributed by atoms with van der Waals surface area (Å²) in [6, 6.07) is 5.65. The minimum atomic E-state index is 0.160. The average Bonchev–Trinajstić information content (AvgIpc) is 3.43. The molecule has 0 unspecified atom stereocenters. The zero-order valence-corrected chi connectivity index (χ0v) is 16.1. The van der Waals surface area contributed by atoms with Crippen LogP contribution in [0.25, 0.3) is 11.4 Å². The number of nitrogens with zero attached hydrogens (tertiary/aromatic N) is 4. The van der Waals surface area contributed by atoms with Gasteiger partial charge in [0.25, 0.3) is 0 Å². The van der Waals surface area contributed by atoms with Crippen LogP contribution in [0.2, 0.25) is 0 Å². The van der Waals surface area contributed by atoms with E-state index in [2.05, 4.69) is 10.2 Å². The molecule has 1 saturated heterocycles. The number of amides is 1. The summed E-state index contributed by atoms with van der Waals surface area (Å²) in [7, 11) is 0. The third-order valence-corrected chi connectivity index (χ3v) is 5.70. The zero-order valence-electron chi connectivity index (χ0n) is 15.3. The highest BCUT2D eigenvalue weighted by Gasteiger charge is 2.21. The minimum absolute atomic E-state index is 0.160. The SMILES string of the molecule is Cc1occc1-c1nnc(SCC(=O)N2CCCCC2)n1Cc1ccco1. The second kappa shape index (κ2) is 8.04. The number of piperidine rings is 1. The van der Waals surface area contributed by atoms with Crippen LogP contribution in [0.4, 0.5) is 0 Å². The van der Waals surface area contributed by atoms with Crippen LogP contribution in [0, 0.1) is 6.92 Å². The molecule has 0 bridgehead atoms. The number of hydrogen-bond donors (Lipinski definition) is 0. The van der Waals surface area contributed by atoms with Crippen molar-refractivity contribution < 1.29 is 13.6 Å². The highest BCUT2D eigenvalue weighted by Crippen LogP contribution is 2.28. The summed E-state index contributed by atoms with van der Waals surface area (Å²) in [5.74, 6) is 2.82. The second-order valence-electron chi connectivity index (χ2n) is 6.59. The molecule has 4 rings (SSSR count). The number of carbonyl (C=O) groups excluding carboxylic acids is 1. The first-order valence-electron chi connectivity index (χ1n) is 9.13. The van der Waals surface area contributed by atoms with E-state index in [-0.39, 0.29) is 5.91 Å². The van der Waals surface area contributed by atoms with Crippen LogP contribution in [0.3, 0.4) is 0 Å². The van der Waals surface area contributed by atoms with E-state index in [0.29, 0.717) is 23.3 Å². The highest BCUT2D eigenvalue weighted by molar-refractivity contribution is 7.99. The van der Waals surface area contributed by atoms with Gasteiger partial charge in [-0.1, -0.05) is 11.8 Å². The number of rotatable bonds is 6. The fraction of sp³-hybridized carbons (Fsp3) is 0.421. The maximum absolute atomic E-state index is 12.5. The lowest BCUT2D eigenvalue weighted by Gasteiger charge is -2.26. The first-order chi connectivity index (χ1) is 13.2. The molecule has 0 saturated carbocycles. The van der Waals surface area contributed by atoms with Crippen molar-refractivity contribution in [3.63, 3.8) is 0 Å². The van der Waals surface area contributed by atoms with Gasteiger partial charge in [0.15, 0.2) is 11.0 Å². The lowest BCUT2D eigenvalue weighted by molar-refractivity contribution is -0.129. The van der Waals surface area contributed by atoms with Crippen LogP contribution >= 0.6 is 11.8 Å². The van der Waals surface area contributed by atoms with Crippen LogP contribution in [-0.4, -0.2) is 44.4 Å². The first-order valence-corrected chi connectivity index (χ1v) is 10.1. The normalized spacial score (nSPS) is 14.6. The Morgan fingerprint density at radius 3 is 2.70 bits per heavy atom. The molecule has 4 heterocycles. The standard InChI is InChI=1S/C19H22N4O3S/c1-14-16(7-11-25-14)18-20-21-19(23(18)12-15-6-5-10-26-15)27-13-17(24)22-8-3-2-4-9-22/h5-7,10-11H,2-4,8-9,12-13H2,1H3. The topological polar surface area (TPSA) is 77.3 Å². The van der Waals surface area contributed by atoms with Crippen molar-refractivity contribution in [2.75, 3.05) is 18.8 Å². The number of thioether (sulfide) groups is 1. The first kappa shape index (κ1) is 17.9. The Bertz CT molecular complexity index is 894. The molecule has 8 heteroatoms. The van der Waals surface area contributed by atoms with E-state index in [4.69, 9.17) is 8.83 Å². The van der Waals surface area contributed by atoms with Crippen molar-refractivity contribution >= 4 is 17.7 Å². The molecule has 0 atom stereocenters. The van der Waals surface area contributed by atoms with Gasteiger partial charge in [0.05, 0.1) is 30.4 Å². The molecule has 27 heavy (non-hydrogen) atoms. The van der Waals surface area contributed by atoms with Crippen LogP contribution in [0.1, 0.15) is 30.8 Å². The molecular formula is C19H22N4O3S. The van der Waals surface area contributed by atoms with Crippen LogP contribution in [0.5, 0.6) is 0 Å². The van der Waals surface area contributed by atoms with Crippen molar-refractivity contribution in [1.29, 1.82) is 0 Å². The third-order valence-electron chi connectivity index (χ3n) is 4.74. The lowest BCUT2D eigenvalue weighted by Crippen LogP contribution is -2.36. The van der Waals surface area contributed by atoms with E-state index in [1.54, 1.807) is 12.5 Å². The van der Waals surface area contributed by atoms with Crippen molar-refractivity contribution in [3.8, 4) is 11.4 Å². The van der Waals surface area contributed by atoms with E-state index in [0.717, 1.165) is 43.0 Å². The molecule has 1 aliphatic rings. The summed E-state index contributed by atoms with van der Waals surface area (Å²) in [6.45, 7) is 4.12. The monoisotopic (exact) mass is 386 g/mol. The van der Waals surface area contributed by atoms with E-state index in [1.165, 1.54) is 18.2 Å². The van der Waals surface area contributed by atoms with Gasteiger partial charge >= 0.3 is 0 Å². The number of likely N-dealkylation sites (tertiary alicyclic amines) is 1. The summed E-state index contributed by atoms with van der Waals surface area (Å²) in [5.41, 5.74) is 0.892. The molecule has 1 fully saturated rings. The molecule has 142 valence electrons. The van der Waals surface area contributed by atoms with Crippen molar-refractivity contribution in [2.24, 2.45) is 0 Å². The summed E-state index contributed by atoms with van der Waals surface area (Å²) in [6.07, 6.45) is 6.68. The smallest absolute Gasteiger partial charge is 0.233 e. The number of aromatic nitrogens is 3. The maximum Gasteiger partial charge on any atom is 0.233 e. The van der Waals surface area contributed by atoms with Gasteiger partial charge in [-0.15, -0.1) is 10.2 Å². The predicted molar refractivity (Wildman–Crippen MR) is 101 cm³/mol. The van der Waals surface area contributed by atoms with Crippen molar-refractivity contribution in [2.45, 2.75) is 37.9 Å². The van der Waals surface area contributed by atoms with Gasteiger partial charge in [0.1, 0.15) is 11.5 Å². The van der Waals surface area contributed by atoms with E-state index in [1.807, 2.05) is 34.6 Å². The molecule has 0 aliphatic carbocycles. The van der Waals surface area contributed by atoms with Gasteiger partial charge in [-0.05, 0) is 44.4 Å². The van der Waals surface area contributed by atoms with Crippen LogP contribution < -0.4 is 0 Å². The summed E-state index contributed by atoms with van der Waals surface area (Å²) >= 11 is 1.42. The quantitative estimate of drug-likeness (QED) is 0.603. The molecular weight excluding hydrogens is 364 g/mol. The molecule has 1 amide bonds. The summed E-state index contributed by atoms with van der Waals surface area (Å²) in [5, 5.41) is 9.39. The molecule has 7 nitrogen and oxygen atoms in total. The fourth-order valence-electron chi connectivity index (χ4n) is 3.27. The number of aryl methyl sites for hydroxylation is 1. The third kappa shape index (κ3) is 3.95.